The Balaban J connectivity index is 2.50. The second kappa shape index (κ2) is 7.68. The quantitative estimate of drug-likeness (QED) is 0.766. The minimum absolute atomic E-state index is 0.0625. The fraction of sp³-hybridized carbons (Fsp3) is 0.462. The van der Waals surface area contributed by atoms with Gasteiger partial charge in [-0.15, -0.1) is 0 Å². The average molecular weight is 252 g/mol. The van der Waals surface area contributed by atoms with Crippen LogP contribution in [0.2, 0.25) is 0 Å². The van der Waals surface area contributed by atoms with Crippen molar-refractivity contribution in [2.24, 2.45) is 11.7 Å². The summed E-state index contributed by atoms with van der Waals surface area (Å²) in [6, 6.07) is 7.19. The van der Waals surface area contributed by atoms with E-state index in [4.69, 9.17) is 15.2 Å². The highest BCUT2D eigenvalue weighted by molar-refractivity contribution is 5.92. The number of nitrogens with two attached hydrogens (primary N) is 1. The van der Waals surface area contributed by atoms with Crippen LogP contribution in [0.15, 0.2) is 24.3 Å². The molecule has 0 spiro atoms. The summed E-state index contributed by atoms with van der Waals surface area (Å²) in [5, 5.41) is 2.81. The topological polar surface area (TPSA) is 73.6 Å². The van der Waals surface area contributed by atoms with E-state index in [0.717, 1.165) is 11.4 Å². The summed E-state index contributed by atoms with van der Waals surface area (Å²) >= 11 is 0. The monoisotopic (exact) mass is 252 g/mol. The minimum Gasteiger partial charge on any atom is -0.492 e. The van der Waals surface area contributed by atoms with Crippen LogP contribution in [-0.2, 0) is 9.53 Å². The average Bonchev–Trinajstić information content (AvgIpc) is 2.38. The van der Waals surface area contributed by atoms with E-state index in [-0.39, 0.29) is 11.8 Å². The normalized spacial score (nSPS) is 11.9. The molecule has 0 saturated carbocycles. The van der Waals surface area contributed by atoms with E-state index in [1.165, 1.54) is 0 Å². The second-order valence-corrected chi connectivity index (χ2v) is 4.01. The van der Waals surface area contributed by atoms with Crippen molar-refractivity contribution in [1.82, 2.24) is 0 Å². The molecule has 5 heteroatoms. The molecule has 18 heavy (non-hydrogen) atoms. The molecular formula is C13H20N2O3. The van der Waals surface area contributed by atoms with Gasteiger partial charge in [0, 0.05) is 19.3 Å². The van der Waals surface area contributed by atoms with E-state index in [0.29, 0.717) is 19.8 Å². The molecule has 0 aliphatic carbocycles. The Morgan fingerprint density at radius 1 is 1.39 bits per heavy atom. The van der Waals surface area contributed by atoms with Gasteiger partial charge in [-0.05, 0) is 24.3 Å². The van der Waals surface area contributed by atoms with Crippen LogP contribution >= 0.6 is 0 Å². The van der Waals surface area contributed by atoms with Gasteiger partial charge < -0.3 is 20.5 Å². The first kappa shape index (κ1) is 14.5. The molecule has 5 nitrogen and oxygen atoms in total. The van der Waals surface area contributed by atoms with E-state index >= 15 is 0 Å². The van der Waals surface area contributed by atoms with Crippen molar-refractivity contribution in [3.8, 4) is 5.75 Å². The number of anilines is 1. The Bertz CT molecular complexity index is 365. The molecule has 0 fully saturated rings. The highest BCUT2D eigenvalue weighted by Crippen LogP contribution is 2.16. The van der Waals surface area contributed by atoms with Crippen LogP contribution < -0.4 is 15.8 Å². The van der Waals surface area contributed by atoms with Crippen molar-refractivity contribution in [2.75, 3.05) is 32.2 Å². The van der Waals surface area contributed by atoms with E-state index in [2.05, 4.69) is 5.32 Å². The number of carbonyl (C=O) groups excluding carboxylic acids is 1. The van der Waals surface area contributed by atoms with Gasteiger partial charge in [0.15, 0.2) is 0 Å². The van der Waals surface area contributed by atoms with Gasteiger partial charge in [-0.1, -0.05) is 6.92 Å². The molecule has 1 unspecified atom stereocenters. The van der Waals surface area contributed by atoms with Gasteiger partial charge in [0.1, 0.15) is 12.4 Å². The Hall–Kier alpha value is -1.59. The molecule has 0 bridgehead atoms. The summed E-state index contributed by atoms with van der Waals surface area (Å²) in [4.78, 5) is 11.7. The molecule has 1 aromatic carbocycles. The van der Waals surface area contributed by atoms with Gasteiger partial charge in [0.25, 0.3) is 0 Å². The van der Waals surface area contributed by atoms with Gasteiger partial charge in [0.2, 0.25) is 5.91 Å². The zero-order chi connectivity index (χ0) is 13.4. The van der Waals surface area contributed by atoms with Crippen LogP contribution in [0.4, 0.5) is 5.69 Å². The molecule has 0 aliphatic heterocycles. The molecule has 0 saturated heterocycles. The summed E-state index contributed by atoms with van der Waals surface area (Å²) in [7, 11) is 1.58. The zero-order valence-electron chi connectivity index (χ0n) is 10.8. The number of carbonyl (C=O) groups is 1. The highest BCUT2D eigenvalue weighted by Gasteiger charge is 2.12. The molecule has 3 N–H and O–H groups in total. The molecule has 1 atom stereocenters. The maximum Gasteiger partial charge on any atom is 0.229 e. The molecule has 0 radical (unpaired) electrons. The number of hydrogen-bond donors (Lipinski definition) is 2. The van der Waals surface area contributed by atoms with Crippen LogP contribution in [0.3, 0.4) is 0 Å². The van der Waals surface area contributed by atoms with Crippen molar-refractivity contribution in [3.05, 3.63) is 24.3 Å². The van der Waals surface area contributed by atoms with Crippen LogP contribution in [0.25, 0.3) is 0 Å². The van der Waals surface area contributed by atoms with Crippen molar-refractivity contribution < 1.29 is 14.3 Å². The Labute approximate surface area is 107 Å². The van der Waals surface area contributed by atoms with Crippen LogP contribution in [0.5, 0.6) is 5.75 Å². The third kappa shape index (κ3) is 4.73. The molecule has 0 aromatic heterocycles. The van der Waals surface area contributed by atoms with E-state index in [1.54, 1.807) is 31.4 Å². The third-order valence-electron chi connectivity index (χ3n) is 2.37. The lowest BCUT2D eigenvalue weighted by molar-refractivity contribution is -0.120. The summed E-state index contributed by atoms with van der Waals surface area (Å²) in [6.45, 7) is 3.19. The number of benzene rings is 1. The molecule has 0 aliphatic rings. The molecule has 1 amide bonds. The summed E-state index contributed by atoms with van der Waals surface area (Å²) in [6.07, 6.45) is 0. The number of amides is 1. The lowest BCUT2D eigenvalue weighted by atomic mass is 10.2. The van der Waals surface area contributed by atoms with Crippen molar-refractivity contribution in [3.63, 3.8) is 0 Å². The van der Waals surface area contributed by atoms with Crippen molar-refractivity contribution >= 4 is 11.6 Å². The summed E-state index contributed by atoms with van der Waals surface area (Å²) < 4.78 is 10.3. The highest BCUT2D eigenvalue weighted by atomic mass is 16.5. The minimum atomic E-state index is -0.178. The van der Waals surface area contributed by atoms with Gasteiger partial charge in [-0.25, -0.2) is 0 Å². The van der Waals surface area contributed by atoms with Gasteiger partial charge in [0.05, 0.1) is 12.5 Å². The van der Waals surface area contributed by atoms with Gasteiger partial charge in [-0.2, -0.15) is 0 Å². The number of methoxy groups -OCH3 is 1. The predicted octanol–water partition coefficient (Wildman–Crippen LogP) is 1.25. The maximum absolute atomic E-state index is 11.7. The van der Waals surface area contributed by atoms with E-state index in [9.17, 15) is 4.79 Å². The van der Waals surface area contributed by atoms with Gasteiger partial charge in [-0.3, -0.25) is 4.79 Å². The Morgan fingerprint density at radius 2 is 2.06 bits per heavy atom. The molecule has 1 rings (SSSR count). The SMILES string of the molecule is COCC(C)C(=O)Nc1ccc(OCCN)cc1. The Morgan fingerprint density at radius 3 is 2.61 bits per heavy atom. The first-order valence-electron chi connectivity index (χ1n) is 5.90. The smallest absolute Gasteiger partial charge is 0.229 e. The summed E-state index contributed by atoms with van der Waals surface area (Å²) in [5.41, 5.74) is 6.08. The van der Waals surface area contributed by atoms with E-state index < -0.39 is 0 Å². The third-order valence-corrected chi connectivity index (χ3v) is 2.37. The number of nitrogens with one attached hydrogen (secondary N) is 1. The first-order chi connectivity index (χ1) is 8.67. The lowest BCUT2D eigenvalue weighted by Gasteiger charge is -2.11. The number of hydrogen-bond acceptors (Lipinski definition) is 4. The zero-order valence-corrected chi connectivity index (χ0v) is 10.8. The lowest BCUT2D eigenvalue weighted by Crippen LogP contribution is -2.23. The van der Waals surface area contributed by atoms with E-state index in [1.807, 2.05) is 6.92 Å². The fourth-order valence-corrected chi connectivity index (χ4v) is 1.40. The maximum atomic E-state index is 11.7. The first-order valence-corrected chi connectivity index (χ1v) is 5.90. The molecular weight excluding hydrogens is 232 g/mol. The molecule has 0 heterocycles. The molecule has 1 aromatic rings. The van der Waals surface area contributed by atoms with Crippen LogP contribution in [0.1, 0.15) is 6.92 Å². The Kier molecular flexibility index (Phi) is 6.18. The van der Waals surface area contributed by atoms with Crippen LogP contribution in [0, 0.1) is 5.92 Å². The number of rotatable bonds is 7. The predicted molar refractivity (Wildman–Crippen MR) is 70.7 cm³/mol. The van der Waals surface area contributed by atoms with Crippen molar-refractivity contribution in [2.45, 2.75) is 6.92 Å². The second-order valence-electron chi connectivity index (χ2n) is 4.01. The summed E-state index contributed by atoms with van der Waals surface area (Å²) in [5.74, 6) is 0.499. The fourth-order valence-electron chi connectivity index (χ4n) is 1.40. The number of ether oxygens (including phenoxy) is 2. The largest absolute Gasteiger partial charge is 0.492 e. The standard InChI is InChI=1S/C13H20N2O3/c1-10(9-17-2)13(16)15-11-3-5-12(6-4-11)18-8-7-14/h3-6,10H,7-9,14H2,1-2H3,(H,15,16). The molecule has 100 valence electrons. The van der Waals surface area contributed by atoms with Crippen molar-refractivity contribution in [1.29, 1.82) is 0 Å². The van der Waals surface area contributed by atoms with Crippen LogP contribution in [-0.4, -0.2) is 32.8 Å². The van der Waals surface area contributed by atoms with Gasteiger partial charge >= 0.3 is 0 Å².